The number of benzene rings is 2. The van der Waals surface area contributed by atoms with E-state index in [2.05, 4.69) is 36.5 Å². The van der Waals surface area contributed by atoms with Crippen LogP contribution < -0.4 is 5.32 Å². The average Bonchev–Trinajstić information content (AvgIpc) is 2.73. The summed E-state index contributed by atoms with van der Waals surface area (Å²) < 4.78 is 0. The van der Waals surface area contributed by atoms with Crippen LogP contribution in [0.15, 0.2) is 48.5 Å². The monoisotopic (exact) mass is 408 g/mol. The normalized spacial score (nSPS) is 11.9. The van der Waals surface area contributed by atoms with Crippen LogP contribution >= 0.6 is 0 Å². The number of nitrogens with zero attached hydrogens (tertiary/aromatic N) is 1. The van der Waals surface area contributed by atoms with Crippen LogP contribution in [0.5, 0.6) is 0 Å². The summed E-state index contributed by atoms with van der Waals surface area (Å²) in [5.74, 6) is -0.0684. The third-order valence-electron chi connectivity index (χ3n) is 5.35. The van der Waals surface area contributed by atoms with Crippen LogP contribution in [0.3, 0.4) is 0 Å². The van der Waals surface area contributed by atoms with E-state index in [-0.39, 0.29) is 17.9 Å². The summed E-state index contributed by atoms with van der Waals surface area (Å²) in [6.45, 7) is 10.5. The van der Waals surface area contributed by atoms with Crippen LogP contribution in [-0.2, 0) is 29.0 Å². The summed E-state index contributed by atoms with van der Waals surface area (Å²) in [5.41, 5.74) is 4.66. The first-order chi connectivity index (χ1) is 14.3. The van der Waals surface area contributed by atoms with Crippen LogP contribution in [0.1, 0.15) is 62.8 Å². The lowest BCUT2D eigenvalue weighted by Gasteiger charge is -2.31. The number of amides is 2. The second kappa shape index (κ2) is 11.5. The number of nitrogens with one attached hydrogen (secondary N) is 1. The van der Waals surface area contributed by atoms with Gasteiger partial charge in [0.15, 0.2) is 0 Å². The van der Waals surface area contributed by atoms with E-state index in [9.17, 15) is 9.59 Å². The van der Waals surface area contributed by atoms with Crippen molar-refractivity contribution >= 4 is 11.8 Å². The minimum Gasteiger partial charge on any atom is -0.352 e. The molecular formula is C26H36N2O2. The van der Waals surface area contributed by atoms with Crippen molar-refractivity contribution in [3.05, 3.63) is 70.8 Å². The number of hydrogen-bond donors (Lipinski definition) is 1. The van der Waals surface area contributed by atoms with E-state index >= 15 is 0 Å². The molecule has 2 aromatic carbocycles. The molecule has 4 nitrogen and oxygen atoms in total. The molecule has 0 heterocycles. The molecule has 2 aromatic rings. The van der Waals surface area contributed by atoms with E-state index in [1.807, 2.05) is 52.0 Å². The molecule has 0 aliphatic carbocycles. The minimum absolute atomic E-state index is 0.0147. The van der Waals surface area contributed by atoms with Crippen molar-refractivity contribution in [3.63, 3.8) is 0 Å². The standard InChI is InChI=1S/C26H36N2O2/c1-6-21-12-14-22(15-13-21)16-17-25(29)28(18-23-10-8-20(5)9-11-23)24(7-2)26(30)27-19(3)4/h8-15,19,24H,6-7,16-18H2,1-5H3,(H,27,30). The molecule has 0 saturated heterocycles. The predicted molar refractivity (Wildman–Crippen MR) is 123 cm³/mol. The smallest absolute Gasteiger partial charge is 0.243 e. The molecule has 1 N–H and O–H groups in total. The second-order valence-electron chi connectivity index (χ2n) is 8.26. The number of carbonyl (C=O) groups is 2. The van der Waals surface area contributed by atoms with Crippen LogP contribution in [0, 0.1) is 6.92 Å². The van der Waals surface area contributed by atoms with Crippen molar-refractivity contribution in [3.8, 4) is 0 Å². The molecule has 0 aliphatic heterocycles. The third kappa shape index (κ3) is 7.01. The summed E-state index contributed by atoms with van der Waals surface area (Å²) in [5, 5.41) is 2.98. The van der Waals surface area contributed by atoms with Crippen molar-refractivity contribution in [2.24, 2.45) is 0 Å². The first kappa shape index (κ1) is 23.7. The molecule has 4 heteroatoms. The van der Waals surface area contributed by atoms with Crippen molar-refractivity contribution in [2.75, 3.05) is 0 Å². The van der Waals surface area contributed by atoms with Crippen LogP contribution in [0.2, 0.25) is 0 Å². The maximum Gasteiger partial charge on any atom is 0.243 e. The van der Waals surface area contributed by atoms with Gasteiger partial charge in [-0.1, -0.05) is 67.9 Å². The largest absolute Gasteiger partial charge is 0.352 e. The minimum atomic E-state index is -0.469. The van der Waals surface area contributed by atoms with Gasteiger partial charge in [-0.25, -0.2) is 0 Å². The van der Waals surface area contributed by atoms with E-state index in [1.54, 1.807) is 4.90 Å². The summed E-state index contributed by atoms with van der Waals surface area (Å²) >= 11 is 0. The third-order valence-corrected chi connectivity index (χ3v) is 5.35. The zero-order chi connectivity index (χ0) is 22.1. The maximum absolute atomic E-state index is 13.2. The second-order valence-corrected chi connectivity index (χ2v) is 8.26. The predicted octanol–water partition coefficient (Wildman–Crippen LogP) is 4.82. The van der Waals surface area contributed by atoms with Crippen molar-refractivity contribution < 1.29 is 9.59 Å². The lowest BCUT2D eigenvalue weighted by Crippen LogP contribution is -2.50. The van der Waals surface area contributed by atoms with Crippen LogP contribution in [-0.4, -0.2) is 28.8 Å². The number of aryl methyl sites for hydroxylation is 3. The van der Waals surface area contributed by atoms with E-state index in [0.29, 0.717) is 25.8 Å². The van der Waals surface area contributed by atoms with Gasteiger partial charge in [-0.3, -0.25) is 9.59 Å². The van der Waals surface area contributed by atoms with E-state index in [0.717, 1.165) is 17.5 Å². The Labute approximate surface area is 181 Å². The van der Waals surface area contributed by atoms with Crippen molar-refractivity contribution in [1.82, 2.24) is 10.2 Å². The summed E-state index contributed by atoms with van der Waals surface area (Å²) in [7, 11) is 0. The molecule has 0 bridgehead atoms. The van der Waals surface area contributed by atoms with E-state index < -0.39 is 6.04 Å². The Kier molecular flexibility index (Phi) is 9.10. The fourth-order valence-corrected chi connectivity index (χ4v) is 3.53. The Morgan fingerprint density at radius 1 is 0.900 bits per heavy atom. The molecule has 2 amide bonds. The highest BCUT2D eigenvalue weighted by atomic mass is 16.2. The summed E-state index contributed by atoms with van der Waals surface area (Å²) in [6, 6.07) is 16.2. The Hall–Kier alpha value is -2.62. The molecule has 162 valence electrons. The van der Waals surface area contributed by atoms with Crippen molar-refractivity contribution in [2.45, 2.75) is 78.9 Å². The van der Waals surface area contributed by atoms with Gasteiger partial charge in [0.25, 0.3) is 0 Å². The van der Waals surface area contributed by atoms with Gasteiger partial charge in [-0.05, 0) is 56.7 Å². The molecule has 2 rings (SSSR count). The van der Waals surface area contributed by atoms with Crippen LogP contribution in [0.4, 0.5) is 0 Å². The Morgan fingerprint density at radius 3 is 2.00 bits per heavy atom. The Bertz CT molecular complexity index is 810. The van der Waals surface area contributed by atoms with Crippen LogP contribution in [0.25, 0.3) is 0 Å². The average molecular weight is 409 g/mol. The number of hydrogen-bond acceptors (Lipinski definition) is 2. The van der Waals surface area contributed by atoms with Gasteiger partial charge in [-0.2, -0.15) is 0 Å². The van der Waals surface area contributed by atoms with Gasteiger partial charge in [0.1, 0.15) is 6.04 Å². The highest BCUT2D eigenvalue weighted by molar-refractivity contribution is 5.87. The molecule has 30 heavy (non-hydrogen) atoms. The van der Waals surface area contributed by atoms with Crippen molar-refractivity contribution in [1.29, 1.82) is 0 Å². The first-order valence-corrected chi connectivity index (χ1v) is 11.1. The molecule has 0 saturated carbocycles. The topological polar surface area (TPSA) is 49.4 Å². The molecule has 1 unspecified atom stereocenters. The lowest BCUT2D eigenvalue weighted by atomic mass is 10.0. The van der Waals surface area contributed by atoms with Gasteiger partial charge in [0.2, 0.25) is 11.8 Å². The fraction of sp³-hybridized carbons (Fsp3) is 0.462. The van der Waals surface area contributed by atoms with Gasteiger partial charge in [-0.15, -0.1) is 0 Å². The quantitative estimate of drug-likeness (QED) is 0.613. The Morgan fingerprint density at radius 2 is 1.47 bits per heavy atom. The van der Waals surface area contributed by atoms with Gasteiger partial charge < -0.3 is 10.2 Å². The molecule has 0 radical (unpaired) electrons. The molecule has 0 fully saturated rings. The highest BCUT2D eigenvalue weighted by Gasteiger charge is 2.28. The zero-order valence-corrected chi connectivity index (χ0v) is 19.1. The molecule has 0 aromatic heterocycles. The van der Waals surface area contributed by atoms with Gasteiger partial charge in [0.05, 0.1) is 0 Å². The van der Waals surface area contributed by atoms with Gasteiger partial charge in [0, 0.05) is 19.0 Å². The maximum atomic E-state index is 13.2. The zero-order valence-electron chi connectivity index (χ0n) is 19.1. The fourth-order valence-electron chi connectivity index (χ4n) is 3.53. The Balaban J connectivity index is 2.17. The summed E-state index contributed by atoms with van der Waals surface area (Å²) in [4.78, 5) is 27.8. The molecule has 0 aliphatic rings. The highest BCUT2D eigenvalue weighted by Crippen LogP contribution is 2.16. The summed E-state index contributed by atoms with van der Waals surface area (Å²) in [6.07, 6.45) is 2.66. The molecular weight excluding hydrogens is 372 g/mol. The lowest BCUT2D eigenvalue weighted by molar-refractivity contribution is -0.141. The van der Waals surface area contributed by atoms with E-state index in [4.69, 9.17) is 0 Å². The first-order valence-electron chi connectivity index (χ1n) is 11.1. The molecule has 0 spiro atoms. The number of rotatable bonds is 10. The number of carbonyl (C=O) groups excluding carboxylic acids is 2. The van der Waals surface area contributed by atoms with Gasteiger partial charge >= 0.3 is 0 Å². The molecule has 1 atom stereocenters. The van der Waals surface area contributed by atoms with E-state index in [1.165, 1.54) is 11.1 Å². The SMILES string of the molecule is CCc1ccc(CCC(=O)N(Cc2ccc(C)cc2)C(CC)C(=O)NC(C)C)cc1.